The molecular weight excluding hydrogens is 259 g/mol. The minimum Gasteiger partial charge on any atom is -0.323 e. The molecule has 0 bridgehead atoms. The summed E-state index contributed by atoms with van der Waals surface area (Å²) >= 11 is 7.20. The van der Waals surface area contributed by atoms with Crippen molar-refractivity contribution in [3.8, 4) is 0 Å². The number of halogens is 2. The van der Waals surface area contributed by atoms with Crippen LogP contribution in [0.3, 0.4) is 0 Å². The minimum atomic E-state index is -0.310. The highest BCUT2D eigenvalue weighted by Gasteiger charge is 2.14. The van der Waals surface area contributed by atoms with Crippen LogP contribution in [0.2, 0.25) is 5.02 Å². The molecule has 2 rings (SSSR count). The van der Waals surface area contributed by atoms with E-state index in [1.54, 1.807) is 17.6 Å². The fourth-order valence-electron chi connectivity index (χ4n) is 1.68. The lowest BCUT2D eigenvalue weighted by Gasteiger charge is -2.11. The molecule has 17 heavy (non-hydrogen) atoms. The van der Waals surface area contributed by atoms with Gasteiger partial charge in [-0.15, -0.1) is 11.3 Å². The van der Waals surface area contributed by atoms with E-state index in [9.17, 15) is 4.39 Å². The summed E-state index contributed by atoms with van der Waals surface area (Å²) in [6.07, 6.45) is 0.450. The third-order valence-electron chi connectivity index (χ3n) is 2.57. The van der Waals surface area contributed by atoms with Crippen LogP contribution in [-0.2, 0) is 6.42 Å². The maximum atomic E-state index is 13.6. The van der Waals surface area contributed by atoms with Crippen molar-refractivity contribution in [1.29, 1.82) is 0 Å². The van der Waals surface area contributed by atoms with Crippen molar-refractivity contribution < 1.29 is 4.39 Å². The van der Waals surface area contributed by atoms with Gasteiger partial charge in [0, 0.05) is 15.9 Å². The zero-order valence-corrected chi connectivity index (χ0v) is 10.9. The zero-order chi connectivity index (χ0) is 12.4. The van der Waals surface area contributed by atoms with Gasteiger partial charge in [0.2, 0.25) is 0 Å². The molecule has 0 aliphatic heterocycles. The van der Waals surface area contributed by atoms with Crippen LogP contribution in [0.5, 0.6) is 0 Å². The van der Waals surface area contributed by atoms with Crippen molar-refractivity contribution >= 4 is 22.9 Å². The second-order valence-electron chi connectivity index (χ2n) is 3.85. The van der Waals surface area contributed by atoms with Gasteiger partial charge >= 0.3 is 0 Å². The molecule has 0 spiro atoms. The smallest absolute Gasteiger partial charge is 0.127 e. The molecule has 1 aromatic carbocycles. The number of thiazole rings is 1. The Hall–Kier alpha value is -0.970. The Morgan fingerprint density at radius 3 is 2.88 bits per heavy atom. The number of benzene rings is 1. The molecule has 2 N–H and O–H groups in total. The summed E-state index contributed by atoms with van der Waals surface area (Å²) in [6.45, 7) is 1.91. The zero-order valence-electron chi connectivity index (χ0n) is 9.28. The van der Waals surface area contributed by atoms with E-state index in [4.69, 9.17) is 17.3 Å². The van der Waals surface area contributed by atoms with Crippen LogP contribution in [0.15, 0.2) is 23.7 Å². The highest BCUT2D eigenvalue weighted by atomic mass is 35.5. The van der Waals surface area contributed by atoms with E-state index < -0.39 is 0 Å². The van der Waals surface area contributed by atoms with Crippen molar-refractivity contribution in [2.45, 2.75) is 19.4 Å². The Labute approximate surface area is 108 Å². The van der Waals surface area contributed by atoms with Gasteiger partial charge in [0.1, 0.15) is 5.82 Å². The number of aromatic nitrogens is 1. The van der Waals surface area contributed by atoms with Gasteiger partial charge in [0.25, 0.3) is 0 Å². The number of nitrogens with zero attached hydrogens (tertiary/aromatic N) is 1. The second kappa shape index (κ2) is 5.12. The lowest BCUT2D eigenvalue weighted by Crippen LogP contribution is -2.13. The molecule has 5 heteroatoms. The summed E-state index contributed by atoms with van der Waals surface area (Å²) in [5.74, 6) is -0.310. The summed E-state index contributed by atoms with van der Waals surface area (Å²) in [4.78, 5) is 5.14. The molecule has 2 aromatic rings. The molecule has 0 aliphatic rings. The minimum absolute atomic E-state index is 0.224. The monoisotopic (exact) mass is 270 g/mol. The van der Waals surface area contributed by atoms with Crippen LogP contribution in [0.4, 0.5) is 4.39 Å². The van der Waals surface area contributed by atoms with E-state index in [1.807, 2.05) is 6.92 Å². The number of nitrogens with two attached hydrogens (primary N) is 1. The lowest BCUT2D eigenvalue weighted by molar-refractivity contribution is 0.594. The molecule has 0 saturated carbocycles. The number of hydrogen-bond acceptors (Lipinski definition) is 3. The van der Waals surface area contributed by atoms with Gasteiger partial charge in [-0.25, -0.2) is 9.37 Å². The van der Waals surface area contributed by atoms with Crippen LogP contribution < -0.4 is 5.73 Å². The SMILES string of the molecule is Cc1ncsc1C(N)Cc1ccc(Cl)cc1F. The van der Waals surface area contributed by atoms with Crippen molar-refractivity contribution in [3.05, 3.63) is 50.7 Å². The molecule has 1 heterocycles. The van der Waals surface area contributed by atoms with Crippen LogP contribution >= 0.6 is 22.9 Å². The third kappa shape index (κ3) is 2.83. The van der Waals surface area contributed by atoms with E-state index in [0.717, 1.165) is 10.6 Å². The van der Waals surface area contributed by atoms with E-state index in [1.165, 1.54) is 17.4 Å². The Kier molecular flexibility index (Phi) is 3.76. The molecule has 0 aliphatic carbocycles. The largest absolute Gasteiger partial charge is 0.323 e. The molecule has 0 amide bonds. The van der Waals surface area contributed by atoms with Crippen molar-refractivity contribution in [1.82, 2.24) is 4.98 Å². The predicted octanol–water partition coefficient (Wildman–Crippen LogP) is 3.49. The standard InChI is InChI=1S/C12H12ClFN2S/c1-7-12(17-6-16-7)11(15)4-8-2-3-9(13)5-10(8)14/h2-3,5-6,11H,4,15H2,1H3. The van der Waals surface area contributed by atoms with Crippen molar-refractivity contribution in [2.75, 3.05) is 0 Å². The average molecular weight is 271 g/mol. The lowest BCUT2D eigenvalue weighted by atomic mass is 10.0. The topological polar surface area (TPSA) is 38.9 Å². The van der Waals surface area contributed by atoms with Gasteiger partial charge in [-0.2, -0.15) is 0 Å². The van der Waals surface area contributed by atoms with E-state index >= 15 is 0 Å². The molecule has 1 unspecified atom stereocenters. The Balaban J connectivity index is 2.19. The van der Waals surface area contributed by atoms with Crippen LogP contribution in [0.25, 0.3) is 0 Å². The van der Waals surface area contributed by atoms with Crippen LogP contribution in [0, 0.1) is 12.7 Å². The van der Waals surface area contributed by atoms with Gasteiger partial charge in [-0.1, -0.05) is 17.7 Å². The quantitative estimate of drug-likeness (QED) is 0.927. The van der Waals surface area contributed by atoms with Gasteiger partial charge in [-0.05, 0) is 31.0 Å². The maximum Gasteiger partial charge on any atom is 0.127 e. The molecule has 0 radical (unpaired) electrons. The van der Waals surface area contributed by atoms with E-state index in [2.05, 4.69) is 4.98 Å². The molecule has 0 saturated heterocycles. The normalized spacial score (nSPS) is 12.7. The summed E-state index contributed by atoms with van der Waals surface area (Å²) < 4.78 is 13.6. The Morgan fingerprint density at radius 1 is 1.53 bits per heavy atom. The second-order valence-corrected chi connectivity index (χ2v) is 5.17. The van der Waals surface area contributed by atoms with Crippen LogP contribution in [-0.4, -0.2) is 4.98 Å². The van der Waals surface area contributed by atoms with Gasteiger partial charge < -0.3 is 5.73 Å². The molecule has 1 aromatic heterocycles. The number of aryl methyl sites for hydroxylation is 1. The highest BCUT2D eigenvalue weighted by molar-refractivity contribution is 7.09. The summed E-state index contributed by atoms with van der Waals surface area (Å²) in [5, 5.41) is 0.397. The number of rotatable bonds is 3. The molecule has 0 fully saturated rings. The summed E-state index contributed by atoms with van der Waals surface area (Å²) in [6, 6.07) is 4.43. The first kappa shape index (κ1) is 12.5. The molecule has 90 valence electrons. The maximum absolute atomic E-state index is 13.6. The van der Waals surface area contributed by atoms with Crippen molar-refractivity contribution in [3.63, 3.8) is 0 Å². The fraction of sp³-hybridized carbons (Fsp3) is 0.250. The van der Waals surface area contributed by atoms with Crippen LogP contribution in [0.1, 0.15) is 22.2 Å². The Bertz CT molecular complexity index is 527. The van der Waals surface area contributed by atoms with E-state index in [0.29, 0.717) is 17.0 Å². The third-order valence-corrected chi connectivity index (χ3v) is 3.87. The first-order chi connectivity index (χ1) is 8.08. The van der Waals surface area contributed by atoms with Crippen molar-refractivity contribution in [2.24, 2.45) is 5.73 Å². The summed E-state index contributed by atoms with van der Waals surface area (Å²) in [5.41, 5.74) is 9.29. The van der Waals surface area contributed by atoms with Gasteiger partial charge in [-0.3, -0.25) is 0 Å². The number of hydrogen-bond donors (Lipinski definition) is 1. The fourth-order valence-corrected chi connectivity index (χ4v) is 2.65. The predicted molar refractivity (Wildman–Crippen MR) is 68.9 cm³/mol. The first-order valence-corrected chi connectivity index (χ1v) is 6.43. The summed E-state index contributed by atoms with van der Waals surface area (Å²) in [7, 11) is 0. The van der Waals surface area contributed by atoms with E-state index in [-0.39, 0.29) is 11.9 Å². The van der Waals surface area contributed by atoms with Gasteiger partial charge in [0.05, 0.1) is 11.2 Å². The average Bonchev–Trinajstić information content (AvgIpc) is 2.68. The molecule has 2 nitrogen and oxygen atoms in total. The van der Waals surface area contributed by atoms with Gasteiger partial charge in [0.15, 0.2) is 0 Å². The molecule has 1 atom stereocenters. The molecular formula is C12H12ClFN2S. The Morgan fingerprint density at radius 2 is 2.29 bits per heavy atom. The highest BCUT2D eigenvalue weighted by Crippen LogP contribution is 2.25. The first-order valence-electron chi connectivity index (χ1n) is 5.17.